The maximum absolute atomic E-state index is 13.4. The molecule has 186 valence electrons. The van der Waals surface area contributed by atoms with E-state index in [1.54, 1.807) is 32.2 Å². The molecule has 9 nitrogen and oxygen atoms in total. The fourth-order valence-corrected chi connectivity index (χ4v) is 7.39. The number of sulfonamides is 1. The van der Waals surface area contributed by atoms with Crippen LogP contribution in [0.2, 0.25) is 0 Å². The Labute approximate surface area is 208 Å². The van der Waals surface area contributed by atoms with Crippen LogP contribution in [0.25, 0.3) is 10.7 Å². The molecule has 3 aromatic rings. The number of carbonyl (C=O) groups excluding carboxylic acids is 1. The molecule has 1 saturated heterocycles. The molecule has 1 aliphatic heterocycles. The van der Waals surface area contributed by atoms with Crippen molar-refractivity contribution < 1.29 is 22.5 Å². The van der Waals surface area contributed by atoms with Gasteiger partial charge in [0.15, 0.2) is 0 Å². The Morgan fingerprint density at radius 3 is 2.66 bits per heavy atom. The molecule has 0 atom stereocenters. The van der Waals surface area contributed by atoms with E-state index >= 15 is 0 Å². The first-order valence-electron chi connectivity index (χ1n) is 11.7. The number of carbonyl (C=O) groups is 1. The summed E-state index contributed by atoms with van der Waals surface area (Å²) >= 11 is 1.35. The second-order valence-corrected chi connectivity index (χ2v) is 12.2. The molecule has 5 rings (SSSR count). The van der Waals surface area contributed by atoms with E-state index in [-0.39, 0.29) is 29.8 Å². The summed E-state index contributed by atoms with van der Waals surface area (Å²) in [5.41, 5.74) is 0.660. The molecule has 0 unspecified atom stereocenters. The highest BCUT2D eigenvalue weighted by Crippen LogP contribution is 2.38. The van der Waals surface area contributed by atoms with Gasteiger partial charge in [-0.25, -0.2) is 8.42 Å². The van der Waals surface area contributed by atoms with Crippen LogP contribution in [0, 0.1) is 12.8 Å². The second-order valence-electron chi connectivity index (χ2n) is 9.01. The van der Waals surface area contributed by atoms with Crippen molar-refractivity contribution in [3.8, 4) is 16.5 Å². The number of methoxy groups -OCH3 is 1. The highest BCUT2D eigenvalue weighted by Gasteiger charge is 2.34. The van der Waals surface area contributed by atoms with Crippen LogP contribution >= 0.6 is 11.3 Å². The van der Waals surface area contributed by atoms with E-state index in [9.17, 15) is 13.2 Å². The molecule has 0 bridgehead atoms. The molecule has 2 fully saturated rings. The number of benzene rings is 1. The SMILES string of the molecule is COc1cccc(NC(=O)C2CCN(S(=O)(=O)c3cc(-c4noc(C5CCC5)n4)sc3C)CC2)c1. The lowest BCUT2D eigenvalue weighted by atomic mass is 9.85. The van der Waals surface area contributed by atoms with Crippen LogP contribution in [0.1, 0.15) is 48.8 Å². The monoisotopic (exact) mass is 516 g/mol. The first kappa shape index (κ1) is 24.0. The average Bonchev–Trinajstić information content (AvgIpc) is 3.45. The number of aryl methyl sites for hydroxylation is 1. The lowest BCUT2D eigenvalue weighted by Gasteiger charge is -2.30. The first-order chi connectivity index (χ1) is 16.8. The number of amides is 1. The Morgan fingerprint density at radius 2 is 1.97 bits per heavy atom. The first-order valence-corrected chi connectivity index (χ1v) is 14.0. The number of hydrogen-bond acceptors (Lipinski definition) is 8. The van der Waals surface area contributed by atoms with Crippen LogP contribution in [0.4, 0.5) is 5.69 Å². The number of thiophene rings is 1. The van der Waals surface area contributed by atoms with Gasteiger partial charge in [0.25, 0.3) is 0 Å². The number of nitrogens with one attached hydrogen (secondary N) is 1. The van der Waals surface area contributed by atoms with E-state index in [4.69, 9.17) is 9.26 Å². The van der Waals surface area contributed by atoms with Gasteiger partial charge in [0.05, 0.1) is 16.9 Å². The van der Waals surface area contributed by atoms with Crippen molar-refractivity contribution >= 4 is 33.0 Å². The topological polar surface area (TPSA) is 115 Å². The van der Waals surface area contributed by atoms with Crippen LogP contribution in [0.15, 0.2) is 39.8 Å². The van der Waals surface area contributed by atoms with Gasteiger partial charge in [0, 0.05) is 41.6 Å². The number of anilines is 1. The molecule has 0 spiro atoms. The predicted octanol–water partition coefficient (Wildman–Crippen LogP) is 4.42. The molecule has 0 radical (unpaired) electrons. The fraction of sp³-hybridized carbons (Fsp3) is 0.458. The van der Waals surface area contributed by atoms with Crippen molar-refractivity contribution in [1.82, 2.24) is 14.4 Å². The summed E-state index contributed by atoms with van der Waals surface area (Å²) in [6.45, 7) is 2.37. The van der Waals surface area contributed by atoms with Gasteiger partial charge in [-0.2, -0.15) is 9.29 Å². The third-order valence-corrected chi connectivity index (χ3v) is 9.97. The number of rotatable bonds is 7. The molecule has 1 amide bonds. The maximum Gasteiger partial charge on any atom is 0.244 e. The van der Waals surface area contributed by atoms with Crippen LogP contribution in [-0.2, 0) is 14.8 Å². The van der Waals surface area contributed by atoms with Crippen molar-refractivity contribution in [2.75, 3.05) is 25.5 Å². The van der Waals surface area contributed by atoms with E-state index in [0.29, 0.717) is 51.7 Å². The van der Waals surface area contributed by atoms with Gasteiger partial charge in [0.1, 0.15) is 5.75 Å². The lowest BCUT2D eigenvalue weighted by molar-refractivity contribution is -0.120. The normalized spacial score (nSPS) is 17.8. The Hall–Kier alpha value is -2.76. The van der Waals surface area contributed by atoms with Gasteiger partial charge in [-0.1, -0.05) is 17.6 Å². The largest absolute Gasteiger partial charge is 0.497 e. The van der Waals surface area contributed by atoms with E-state index < -0.39 is 10.0 Å². The molecule has 1 saturated carbocycles. The molecular weight excluding hydrogens is 488 g/mol. The molecule has 1 aromatic carbocycles. The molecule has 11 heteroatoms. The number of hydrogen-bond donors (Lipinski definition) is 1. The quantitative estimate of drug-likeness (QED) is 0.494. The summed E-state index contributed by atoms with van der Waals surface area (Å²) in [5.74, 6) is 1.70. The Bertz CT molecular complexity index is 1320. The van der Waals surface area contributed by atoms with Crippen LogP contribution in [0.5, 0.6) is 5.75 Å². The highest BCUT2D eigenvalue weighted by atomic mass is 32.2. The summed E-state index contributed by atoms with van der Waals surface area (Å²) in [7, 11) is -2.12. The highest BCUT2D eigenvalue weighted by molar-refractivity contribution is 7.89. The Morgan fingerprint density at radius 1 is 1.20 bits per heavy atom. The minimum atomic E-state index is -3.69. The summed E-state index contributed by atoms with van der Waals surface area (Å²) in [5, 5.41) is 6.99. The van der Waals surface area contributed by atoms with Gasteiger partial charge in [-0.05, 0) is 50.8 Å². The van der Waals surface area contributed by atoms with Crippen LogP contribution < -0.4 is 10.1 Å². The summed E-state index contributed by atoms with van der Waals surface area (Å²) in [4.78, 5) is 18.9. The number of piperidine rings is 1. The summed E-state index contributed by atoms with van der Waals surface area (Å²) in [6.07, 6.45) is 4.19. The lowest BCUT2D eigenvalue weighted by Crippen LogP contribution is -2.41. The maximum atomic E-state index is 13.4. The average molecular weight is 517 g/mol. The van der Waals surface area contributed by atoms with Gasteiger partial charge in [-0.3, -0.25) is 4.79 Å². The van der Waals surface area contributed by atoms with E-state index in [1.807, 2.05) is 12.1 Å². The van der Waals surface area contributed by atoms with Crippen LogP contribution in [-0.4, -0.2) is 49.0 Å². The summed E-state index contributed by atoms with van der Waals surface area (Å²) in [6, 6.07) is 8.82. The van der Waals surface area contributed by atoms with Gasteiger partial charge >= 0.3 is 0 Å². The molecule has 2 aromatic heterocycles. The third-order valence-electron chi connectivity index (χ3n) is 6.77. The van der Waals surface area contributed by atoms with E-state index in [2.05, 4.69) is 15.5 Å². The van der Waals surface area contributed by atoms with Crippen molar-refractivity contribution in [3.63, 3.8) is 0 Å². The van der Waals surface area contributed by atoms with E-state index in [1.165, 1.54) is 22.1 Å². The number of nitrogens with zero attached hydrogens (tertiary/aromatic N) is 3. The fourth-order valence-electron chi connectivity index (χ4n) is 4.43. The van der Waals surface area contributed by atoms with Crippen molar-refractivity contribution in [2.45, 2.75) is 49.8 Å². The van der Waals surface area contributed by atoms with Gasteiger partial charge < -0.3 is 14.6 Å². The molecular formula is C24H28N4O5S2. The molecule has 1 N–H and O–H groups in total. The molecule has 1 aliphatic carbocycles. The Kier molecular flexibility index (Phi) is 6.65. The predicted molar refractivity (Wildman–Crippen MR) is 132 cm³/mol. The van der Waals surface area contributed by atoms with Gasteiger partial charge in [-0.15, -0.1) is 11.3 Å². The van der Waals surface area contributed by atoms with Crippen molar-refractivity contribution in [2.24, 2.45) is 5.92 Å². The zero-order chi connectivity index (χ0) is 24.6. The Balaban J connectivity index is 1.24. The number of ether oxygens (including phenoxy) is 1. The molecule has 3 heterocycles. The zero-order valence-corrected chi connectivity index (χ0v) is 21.3. The van der Waals surface area contributed by atoms with E-state index in [0.717, 1.165) is 12.8 Å². The van der Waals surface area contributed by atoms with Gasteiger partial charge in [0.2, 0.25) is 27.6 Å². The minimum Gasteiger partial charge on any atom is -0.497 e. The van der Waals surface area contributed by atoms with Crippen LogP contribution in [0.3, 0.4) is 0 Å². The smallest absolute Gasteiger partial charge is 0.244 e. The second kappa shape index (κ2) is 9.71. The summed E-state index contributed by atoms with van der Waals surface area (Å²) < 4.78 is 38.9. The molecule has 2 aliphatic rings. The third kappa shape index (κ3) is 4.85. The van der Waals surface area contributed by atoms with Crippen molar-refractivity contribution in [1.29, 1.82) is 0 Å². The standard InChI is InChI=1S/C24H28N4O5S2/c1-15-21(14-20(34-15)22-26-24(33-27-22)17-5-3-6-17)35(30,31)28-11-9-16(10-12-28)23(29)25-18-7-4-8-19(13-18)32-2/h4,7-8,13-14,16-17H,3,5-6,9-12H2,1-2H3,(H,25,29). The number of aromatic nitrogens is 2. The zero-order valence-electron chi connectivity index (χ0n) is 19.7. The molecule has 35 heavy (non-hydrogen) atoms. The minimum absolute atomic E-state index is 0.108. The van der Waals surface area contributed by atoms with Crippen molar-refractivity contribution in [3.05, 3.63) is 41.1 Å².